The van der Waals surface area contributed by atoms with E-state index in [1.165, 1.54) is 4.90 Å². The number of hydrogen-bond acceptors (Lipinski definition) is 5. The summed E-state index contributed by atoms with van der Waals surface area (Å²) in [4.78, 5) is 41.9. The normalized spacial score (nSPS) is 34.0. The van der Waals surface area contributed by atoms with Crippen molar-refractivity contribution in [3.05, 3.63) is 30.3 Å². The number of aliphatic hydroxyl groups excluding tert-OH is 1. The number of nitrogens with zero attached hydrogens (tertiary/aromatic N) is 1. The molecule has 3 heterocycles. The third-order valence-corrected chi connectivity index (χ3v) is 8.75. The minimum absolute atomic E-state index is 0.00567. The van der Waals surface area contributed by atoms with Crippen molar-refractivity contribution >= 4 is 35.2 Å². The van der Waals surface area contributed by atoms with Gasteiger partial charge in [-0.05, 0) is 45.2 Å². The third-order valence-electron chi connectivity index (χ3n) is 6.68. The predicted octanol–water partition coefficient (Wildman–Crippen LogP) is 1.87. The van der Waals surface area contributed by atoms with Crippen LogP contribution in [0.4, 0.5) is 5.69 Å². The van der Waals surface area contributed by atoms with Crippen molar-refractivity contribution in [1.82, 2.24) is 10.2 Å². The largest absolute Gasteiger partial charge is 0.395 e. The number of carbonyl (C=O) groups is 3. The summed E-state index contributed by atoms with van der Waals surface area (Å²) in [6.07, 6.45) is 0.785. The van der Waals surface area contributed by atoms with Crippen molar-refractivity contribution in [2.45, 2.75) is 55.7 Å². The summed E-state index contributed by atoms with van der Waals surface area (Å²) in [5, 5.41) is 15.6. The molecule has 1 spiro atoms. The number of thioether (sulfide) groups is 1. The van der Waals surface area contributed by atoms with E-state index in [9.17, 15) is 19.5 Å². The number of rotatable bonds is 5. The first-order valence-corrected chi connectivity index (χ1v) is 11.7. The first-order chi connectivity index (χ1) is 14.6. The highest BCUT2D eigenvalue weighted by Crippen LogP contribution is 2.68. The Labute approximate surface area is 187 Å². The molecule has 2 bridgehead atoms. The lowest BCUT2D eigenvalue weighted by Gasteiger charge is -2.39. The molecule has 3 unspecified atom stereocenters. The Balaban J connectivity index is 1.70. The van der Waals surface area contributed by atoms with Gasteiger partial charge in [0.15, 0.2) is 0 Å². The summed E-state index contributed by atoms with van der Waals surface area (Å²) in [6, 6.07) is 8.54. The van der Waals surface area contributed by atoms with Gasteiger partial charge in [0.25, 0.3) is 0 Å². The number of carbonyl (C=O) groups excluding carboxylic acids is 3. The number of benzene rings is 1. The molecule has 0 radical (unpaired) electrons. The first kappa shape index (κ1) is 22.1. The van der Waals surface area contributed by atoms with Gasteiger partial charge in [0.05, 0.1) is 23.2 Å². The summed E-state index contributed by atoms with van der Waals surface area (Å²) in [5.41, 5.74) is 0.246. The molecule has 3 saturated heterocycles. The summed E-state index contributed by atoms with van der Waals surface area (Å²) < 4.78 is -0.662. The number of hydrogen-bond donors (Lipinski definition) is 3. The molecule has 3 amide bonds. The molecular formula is C23H31N3O4S. The maximum Gasteiger partial charge on any atom is 0.244 e. The van der Waals surface area contributed by atoms with Crippen molar-refractivity contribution in [1.29, 1.82) is 0 Å². The molecule has 1 aromatic rings. The molecule has 3 aliphatic heterocycles. The Kier molecular flexibility index (Phi) is 5.58. The molecule has 168 valence electrons. The standard InChI is InChI=1S/C23H31N3O4S/c1-13-12-15-16(19(28)24-14-8-6-5-7-9-14)17-21(30)26(10-11-27)18(23(13,17)31-15)20(29)25-22(2,3)4/h5-9,13,15-18,27H,10-12H2,1-4H3,(H,24,28)(H,25,29)/t13?,15-,16+,17+,18?,23?/m1/s1. The smallest absolute Gasteiger partial charge is 0.244 e. The average Bonchev–Trinajstić information content (AvgIpc) is 3.26. The minimum Gasteiger partial charge on any atom is -0.395 e. The van der Waals surface area contributed by atoms with E-state index >= 15 is 0 Å². The summed E-state index contributed by atoms with van der Waals surface area (Å²) in [6.45, 7) is 7.67. The number of amides is 3. The Morgan fingerprint density at radius 3 is 2.52 bits per heavy atom. The number of likely N-dealkylation sites (tertiary alicyclic amines) is 1. The molecule has 31 heavy (non-hydrogen) atoms. The van der Waals surface area contributed by atoms with Crippen LogP contribution < -0.4 is 10.6 Å². The number of β-amino-alcohol motifs (C(OH)–C–C–N with tert-alkyl or cyclic N) is 1. The van der Waals surface area contributed by atoms with Crippen molar-refractivity contribution in [2.75, 3.05) is 18.5 Å². The van der Waals surface area contributed by atoms with Crippen LogP contribution >= 0.6 is 11.8 Å². The van der Waals surface area contributed by atoms with Crippen LogP contribution in [0, 0.1) is 17.8 Å². The highest BCUT2D eigenvalue weighted by atomic mass is 32.2. The summed E-state index contributed by atoms with van der Waals surface area (Å²) in [7, 11) is 0. The van der Waals surface area contributed by atoms with Gasteiger partial charge in [0, 0.05) is 23.0 Å². The zero-order valence-corrected chi connectivity index (χ0v) is 19.2. The topological polar surface area (TPSA) is 98.7 Å². The molecular weight excluding hydrogens is 414 g/mol. The van der Waals surface area contributed by atoms with Crippen LogP contribution in [-0.4, -0.2) is 62.5 Å². The molecule has 8 heteroatoms. The van der Waals surface area contributed by atoms with Crippen molar-refractivity contribution in [2.24, 2.45) is 17.8 Å². The van der Waals surface area contributed by atoms with E-state index in [0.717, 1.165) is 6.42 Å². The fraction of sp³-hybridized carbons (Fsp3) is 0.609. The van der Waals surface area contributed by atoms with Crippen LogP contribution in [0.25, 0.3) is 0 Å². The average molecular weight is 446 g/mol. The molecule has 0 aliphatic carbocycles. The fourth-order valence-corrected chi connectivity index (χ4v) is 8.08. The molecule has 3 aliphatic rings. The second-order valence-electron chi connectivity index (χ2n) is 9.90. The lowest BCUT2D eigenvalue weighted by Crippen LogP contribution is -2.59. The molecule has 0 aromatic heterocycles. The second-order valence-corrected chi connectivity index (χ2v) is 11.5. The van der Waals surface area contributed by atoms with E-state index in [2.05, 4.69) is 17.6 Å². The molecule has 0 saturated carbocycles. The Morgan fingerprint density at radius 1 is 1.23 bits per heavy atom. The van der Waals surface area contributed by atoms with E-state index in [1.54, 1.807) is 11.8 Å². The van der Waals surface area contributed by atoms with E-state index in [-0.39, 0.29) is 42.0 Å². The van der Waals surface area contributed by atoms with Crippen molar-refractivity contribution < 1.29 is 19.5 Å². The molecule has 4 rings (SSSR count). The fourth-order valence-electron chi connectivity index (χ4n) is 5.65. The van der Waals surface area contributed by atoms with Gasteiger partial charge in [-0.3, -0.25) is 14.4 Å². The minimum atomic E-state index is -0.698. The van der Waals surface area contributed by atoms with Crippen molar-refractivity contribution in [3.63, 3.8) is 0 Å². The zero-order chi connectivity index (χ0) is 22.6. The summed E-state index contributed by atoms with van der Waals surface area (Å²) in [5.74, 6) is -1.54. The van der Waals surface area contributed by atoms with Gasteiger partial charge in [-0.2, -0.15) is 0 Å². The number of aliphatic hydroxyl groups is 1. The van der Waals surface area contributed by atoms with E-state index in [1.807, 2.05) is 51.1 Å². The van der Waals surface area contributed by atoms with Crippen LogP contribution in [0.15, 0.2) is 30.3 Å². The molecule has 1 aromatic carbocycles. The maximum absolute atomic E-state index is 13.6. The highest BCUT2D eigenvalue weighted by Gasteiger charge is 2.75. The van der Waals surface area contributed by atoms with Crippen LogP contribution in [0.5, 0.6) is 0 Å². The van der Waals surface area contributed by atoms with Gasteiger partial charge < -0.3 is 20.6 Å². The van der Waals surface area contributed by atoms with Gasteiger partial charge in [-0.25, -0.2) is 0 Å². The summed E-state index contributed by atoms with van der Waals surface area (Å²) >= 11 is 1.63. The lowest BCUT2D eigenvalue weighted by atomic mass is 9.65. The maximum atomic E-state index is 13.6. The predicted molar refractivity (Wildman–Crippen MR) is 120 cm³/mol. The molecule has 6 atom stereocenters. The van der Waals surface area contributed by atoms with Crippen LogP contribution in [0.3, 0.4) is 0 Å². The highest BCUT2D eigenvalue weighted by molar-refractivity contribution is 8.02. The van der Waals surface area contributed by atoms with Crippen molar-refractivity contribution in [3.8, 4) is 0 Å². The SMILES string of the molecule is CC1C[C@H]2SC13C(C(=O)NC(C)(C)C)N(CCO)C(=O)[C@@H]3[C@H]2C(=O)Nc1ccccc1. The van der Waals surface area contributed by atoms with E-state index in [0.29, 0.717) is 5.69 Å². The quantitative estimate of drug-likeness (QED) is 0.643. The zero-order valence-electron chi connectivity index (χ0n) is 18.4. The molecule has 7 nitrogen and oxygen atoms in total. The number of fused-ring (bicyclic) bond motifs is 1. The van der Waals surface area contributed by atoms with Crippen LogP contribution in [-0.2, 0) is 14.4 Å². The number of nitrogens with one attached hydrogen (secondary N) is 2. The van der Waals surface area contributed by atoms with E-state index in [4.69, 9.17) is 0 Å². The van der Waals surface area contributed by atoms with E-state index < -0.39 is 28.2 Å². The monoisotopic (exact) mass is 445 g/mol. The van der Waals surface area contributed by atoms with Gasteiger partial charge in [-0.15, -0.1) is 11.8 Å². The Morgan fingerprint density at radius 2 is 1.90 bits per heavy atom. The lowest BCUT2D eigenvalue weighted by molar-refractivity contribution is -0.139. The second kappa shape index (κ2) is 7.81. The first-order valence-electron chi connectivity index (χ1n) is 10.9. The van der Waals surface area contributed by atoms with Crippen LogP contribution in [0.2, 0.25) is 0 Å². The molecule has 3 N–H and O–H groups in total. The van der Waals surface area contributed by atoms with Gasteiger partial charge in [0.2, 0.25) is 17.7 Å². The van der Waals surface area contributed by atoms with Gasteiger partial charge >= 0.3 is 0 Å². The number of para-hydroxylation sites is 1. The Bertz CT molecular complexity index is 887. The molecule has 3 fully saturated rings. The van der Waals surface area contributed by atoms with Crippen LogP contribution in [0.1, 0.15) is 34.1 Å². The van der Waals surface area contributed by atoms with Gasteiger partial charge in [0.1, 0.15) is 6.04 Å². The Hall–Kier alpha value is -2.06. The third kappa shape index (κ3) is 3.53. The number of anilines is 1. The van der Waals surface area contributed by atoms with Gasteiger partial charge in [-0.1, -0.05) is 25.1 Å².